The molecule has 0 atom stereocenters. The monoisotopic (exact) mass is 464 g/mol. The lowest BCUT2D eigenvalue weighted by Crippen LogP contribution is -2.50. The maximum atomic E-state index is 13.4. The Morgan fingerprint density at radius 1 is 1.06 bits per heavy atom. The smallest absolute Gasteiger partial charge is 0.262 e. The van der Waals surface area contributed by atoms with Crippen molar-refractivity contribution in [2.24, 2.45) is 0 Å². The summed E-state index contributed by atoms with van der Waals surface area (Å²) in [5.41, 5.74) is 1.05. The zero-order valence-electron chi connectivity index (χ0n) is 19.5. The SMILES string of the molecule is CCCn1c(N2CCN(C(=O)c3ccccc3OC)CC2)nc2cc3c(cc2c1=O)OCCO3. The number of carbonyl (C=O) groups is 1. The van der Waals surface area contributed by atoms with Crippen LogP contribution in [0.3, 0.4) is 0 Å². The van der Waals surface area contributed by atoms with Gasteiger partial charge in [-0.2, -0.15) is 0 Å². The Kier molecular flexibility index (Phi) is 6.00. The van der Waals surface area contributed by atoms with Crippen molar-refractivity contribution in [2.75, 3.05) is 51.4 Å². The number of anilines is 1. The van der Waals surface area contributed by atoms with E-state index in [9.17, 15) is 9.59 Å². The Morgan fingerprint density at radius 2 is 1.76 bits per heavy atom. The van der Waals surface area contributed by atoms with Gasteiger partial charge < -0.3 is 24.0 Å². The number of benzene rings is 2. The van der Waals surface area contributed by atoms with Gasteiger partial charge in [0, 0.05) is 38.8 Å². The normalized spacial score (nSPS) is 15.5. The number of piperazine rings is 1. The molecule has 3 heterocycles. The Balaban J connectivity index is 1.43. The molecule has 0 bridgehead atoms. The standard InChI is InChI=1S/C25H28N4O5/c1-3-8-29-24(31)18-15-21-22(34-14-13-33-21)16-19(18)26-25(29)28-11-9-27(10-12-28)23(30)17-6-4-5-7-20(17)32-2/h4-7,15-16H,3,8-14H2,1-2H3. The van der Waals surface area contributed by atoms with Crippen LogP contribution >= 0.6 is 0 Å². The molecular weight excluding hydrogens is 436 g/mol. The van der Waals surface area contributed by atoms with Gasteiger partial charge in [0.1, 0.15) is 19.0 Å². The molecule has 0 unspecified atom stereocenters. The summed E-state index contributed by atoms with van der Waals surface area (Å²) in [6, 6.07) is 10.8. The molecule has 2 aliphatic rings. The molecule has 1 aromatic heterocycles. The molecule has 0 radical (unpaired) electrons. The lowest BCUT2D eigenvalue weighted by atomic mass is 10.1. The minimum absolute atomic E-state index is 0.0571. The van der Waals surface area contributed by atoms with Crippen LogP contribution in [-0.4, -0.2) is 66.9 Å². The van der Waals surface area contributed by atoms with Gasteiger partial charge in [-0.05, 0) is 24.6 Å². The number of methoxy groups -OCH3 is 1. The molecule has 2 aliphatic heterocycles. The fourth-order valence-corrected chi connectivity index (χ4v) is 4.51. The molecule has 34 heavy (non-hydrogen) atoms. The summed E-state index contributed by atoms with van der Waals surface area (Å²) < 4.78 is 18.4. The van der Waals surface area contributed by atoms with E-state index in [1.165, 1.54) is 0 Å². The summed E-state index contributed by atoms with van der Waals surface area (Å²) >= 11 is 0. The second kappa shape index (κ2) is 9.24. The van der Waals surface area contributed by atoms with Gasteiger partial charge in [-0.15, -0.1) is 0 Å². The molecule has 1 fully saturated rings. The summed E-state index contributed by atoms with van der Waals surface area (Å²) in [6.07, 6.45) is 0.802. The number of para-hydroxylation sites is 1. The van der Waals surface area contributed by atoms with Crippen molar-refractivity contribution < 1.29 is 19.0 Å². The van der Waals surface area contributed by atoms with Crippen LogP contribution in [0, 0.1) is 0 Å². The number of aromatic nitrogens is 2. The van der Waals surface area contributed by atoms with Crippen LogP contribution in [0.1, 0.15) is 23.7 Å². The van der Waals surface area contributed by atoms with E-state index in [0.717, 1.165) is 6.42 Å². The number of carbonyl (C=O) groups excluding carboxylic acids is 1. The molecule has 9 heteroatoms. The molecule has 5 rings (SSSR count). The maximum Gasteiger partial charge on any atom is 0.262 e. The Morgan fingerprint density at radius 3 is 2.47 bits per heavy atom. The van der Waals surface area contributed by atoms with E-state index in [1.54, 1.807) is 35.9 Å². The third-order valence-corrected chi connectivity index (χ3v) is 6.23. The highest BCUT2D eigenvalue weighted by atomic mass is 16.6. The summed E-state index contributed by atoms with van der Waals surface area (Å²) in [5.74, 6) is 2.32. The third kappa shape index (κ3) is 3.91. The number of fused-ring (bicyclic) bond motifs is 2. The van der Waals surface area contributed by atoms with Crippen LogP contribution in [0.4, 0.5) is 5.95 Å². The van der Waals surface area contributed by atoms with Gasteiger partial charge in [0.25, 0.3) is 11.5 Å². The van der Waals surface area contributed by atoms with Crippen LogP contribution in [-0.2, 0) is 6.54 Å². The van der Waals surface area contributed by atoms with E-state index in [4.69, 9.17) is 19.2 Å². The molecule has 0 saturated carbocycles. The molecule has 3 aromatic rings. The highest BCUT2D eigenvalue weighted by molar-refractivity contribution is 5.97. The fraction of sp³-hybridized carbons (Fsp3) is 0.400. The van der Waals surface area contributed by atoms with E-state index in [0.29, 0.717) is 85.6 Å². The zero-order valence-corrected chi connectivity index (χ0v) is 19.5. The maximum absolute atomic E-state index is 13.4. The minimum atomic E-state index is -0.0913. The highest BCUT2D eigenvalue weighted by Gasteiger charge is 2.27. The van der Waals surface area contributed by atoms with Crippen molar-refractivity contribution >= 4 is 22.8 Å². The molecule has 1 saturated heterocycles. The van der Waals surface area contributed by atoms with Crippen molar-refractivity contribution in [3.8, 4) is 17.2 Å². The van der Waals surface area contributed by atoms with E-state index in [2.05, 4.69) is 4.90 Å². The van der Waals surface area contributed by atoms with Crippen molar-refractivity contribution in [2.45, 2.75) is 19.9 Å². The summed E-state index contributed by atoms with van der Waals surface area (Å²) in [7, 11) is 1.57. The summed E-state index contributed by atoms with van der Waals surface area (Å²) in [6.45, 7) is 5.74. The Labute approximate surface area is 197 Å². The third-order valence-electron chi connectivity index (χ3n) is 6.23. The number of ether oxygens (including phenoxy) is 3. The van der Waals surface area contributed by atoms with Gasteiger partial charge >= 0.3 is 0 Å². The summed E-state index contributed by atoms with van der Waals surface area (Å²) in [4.78, 5) is 35.3. The molecule has 0 spiro atoms. The molecule has 9 nitrogen and oxygen atoms in total. The van der Waals surface area contributed by atoms with Crippen LogP contribution in [0.5, 0.6) is 17.2 Å². The van der Waals surface area contributed by atoms with E-state index in [-0.39, 0.29) is 11.5 Å². The van der Waals surface area contributed by atoms with Crippen molar-refractivity contribution in [3.63, 3.8) is 0 Å². The predicted molar refractivity (Wildman–Crippen MR) is 128 cm³/mol. The first-order chi connectivity index (χ1) is 16.6. The largest absolute Gasteiger partial charge is 0.496 e. The molecule has 0 aliphatic carbocycles. The van der Waals surface area contributed by atoms with Crippen molar-refractivity contribution in [1.82, 2.24) is 14.5 Å². The number of nitrogens with zero attached hydrogens (tertiary/aromatic N) is 4. The molecule has 0 N–H and O–H groups in total. The Hall–Kier alpha value is -3.75. The van der Waals surface area contributed by atoms with Gasteiger partial charge in [-0.25, -0.2) is 4.98 Å². The first-order valence-corrected chi connectivity index (χ1v) is 11.6. The van der Waals surface area contributed by atoms with Crippen molar-refractivity contribution in [1.29, 1.82) is 0 Å². The van der Waals surface area contributed by atoms with Gasteiger partial charge in [0.15, 0.2) is 11.5 Å². The summed E-state index contributed by atoms with van der Waals surface area (Å²) in [5, 5.41) is 0.520. The average molecular weight is 465 g/mol. The van der Waals surface area contributed by atoms with Crippen LogP contribution in [0.2, 0.25) is 0 Å². The van der Waals surface area contributed by atoms with Gasteiger partial charge in [-0.1, -0.05) is 19.1 Å². The number of hydrogen-bond donors (Lipinski definition) is 0. The average Bonchev–Trinajstić information content (AvgIpc) is 2.89. The fourth-order valence-electron chi connectivity index (χ4n) is 4.51. The van der Waals surface area contributed by atoms with Crippen LogP contribution in [0.15, 0.2) is 41.2 Å². The van der Waals surface area contributed by atoms with E-state index >= 15 is 0 Å². The van der Waals surface area contributed by atoms with E-state index in [1.807, 2.05) is 24.0 Å². The second-order valence-corrected chi connectivity index (χ2v) is 8.36. The zero-order chi connectivity index (χ0) is 23.7. The molecule has 1 amide bonds. The van der Waals surface area contributed by atoms with Gasteiger partial charge in [0.2, 0.25) is 5.95 Å². The highest BCUT2D eigenvalue weighted by Crippen LogP contribution is 2.33. The van der Waals surface area contributed by atoms with E-state index < -0.39 is 0 Å². The Bertz CT molecular complexity index is 1280. The number of amides is 1. The van der Waals surface area contributed by atoms with Crippen LogP contribution < -0.4 is 24.7 Å². The topological polar surface area (TPSA) is 86.1 Å². The lowest BCUT2D eigenvalue weighted by Gasteiger charge is -2.36. The molecular formula is C25H28N4O5. The van der Waals surface area contributed by atoms with Crippen molar-refractivity contribution in [3.05, 3.63) is 52.3 Å². The van der Waals surface area contributed by atoms with Gasteiger partial charge in [0.05, 0.1) is 23.6 Å². The second-order valence-electron chi connectivity index (χ2n) is 8.36. The molecule has 178 valence electrons. The quantitative estimate of drug-likeness (QED) is 0.574. The van der Waals surface area contributed by atoms with Crippen LogP contribution in [0.25, 0.3) is 10.9 Å². The van der Waals surface area contributed by atoms with Gasteiger partial charge in [-0.3, -0.25) is 14.2 Å². The predicted octanol–water partition coefficient (Wildman–Crippen LogP) is 2.55. The lowest BCUT2D eigenvalue weighted by molar-refractivity contribution is 0.0742. The first-order valence-electron chi connectivity index (χ1n) is 11.6. The molecule has 2 aromatic carbocycles. The number of hydrogen-bond acceptors (Lipinski definition) is 7. The minimum Gasteiger partial charge on any atom is -0.496 e. The first kappa shape index (κ1) is 22.1. The number of rotatable bonds is 5.